The number of nitrogens with zero attached hydrogens (tertiary/aromatic N) is 2. The zero-order chi connectivity index (χ0) is 13.5. The third-order valence-corrected chi connectivity index (χ3v) is 2.96. The van der Waals surface area contributed by atoms with Crippen LogP contribution < -0.4 is 4.74 Å². The molecule has 1 aliphatic rings. The van der Waals surface area contributed by atoms with Crippen LogP contribution in [0.1, 0.15) is 10.4 Å². The Bertz CT molecular complexity index is 419. The van der Waals surface area contributed by atoms with Crippen LogP contribution in [0.5, 0.6) is 5.75 Å². The molecule has 104 valence electrons. The Morgan fingerprint density at radius 3 is 3.00 bits per heavy atom. The molecule has 0 bridgehead atoms. The standard InChI is InChI=1S/C13H18N2O4/c1-17-13(16)11-10-14-3-2-12(11)19-9-6-15-4-7-18-8-5-15/h2-3,10H,4-9H2,1H3. The summed E-state index contributed by atoms with van der Waals surface area (Å²) in [5.74, 6) is 0.0737. The van der Waals surface area contributed by atoms with E-state index in [1.807, 2.05) is 0 Å². The lowest BCUT2D eigenvalue weighted by molar-refractivity contribution is 0.0321. The van der Waals surface area contributed by atoms with E-state index in [9.17, 15) is 4.79 Å². The molecule has 1 aromatic rings. The van der Waals surface area contributed by atoms with E-state index in [-0.39, 0.29) is 0 Å². The van der Waals surface area contributed by atoms with Gasteiger partial charge in [0.2, 0.25) is 0 Å². The Morgan fingerprint density at radius 2 is 2.26 bits per heavy atom. The number of hydrogen-bond acceptors (Lipinski definition) is 6. The van der Waals surface area contributed by atoms with E-state index in [4.69, 9.17) is 9.47 Å². The predicted molar refractivity (Wildman–Crippen MR) is 68.3 cm³/mol. The van der Waals surface area contributed by atoms with Crippen LogP contribution in [-0.2, 0) is 9.47 Å². The van der Waals surface area contributed by atoms with E-state index in [1.165, 1.54) is 13.3 Å². The minimum absolute atomic E-state index is 0.354. The van der Waals surface area contributed by atoms with Gasteiger partial charge in [0.1, 0.15) is 17.9 Å². The maximum absolute atomic E-state index is 11.5. The van der Waals surface area contributed by atoms with Crippen molar-refractivity contribution in [2.45, 2.75) is 0 Å². The minimum Gasteiger partial charge on any atom is -0.491 e. The smallest absolute Gasteiger partial charge is 0.343 e. The van der Waals surface area contributed by atoms with Crippen molar-refractivity contribution in [1.29, 1.82) is 0 Å². The van der Waals surface area contributed by atoms with Gasteiger partial charge >= 0.3 is 5.97 Å². The van der Waals surface area contributed by atoms with E-state index >= 15 is 0 Å². The van der Waals surface area contributed by atoms with E-state index < -0.39 is 5.97 Å². The molecule has 6 heteroatoms. The van der Waals surface area contributed by atoms with Crippen LogP contribution >= 0.6 is 0 Å². The summed E-state index contributed by atoms with van der Waals surface area (Å²) >= 11 is 0. The molecule has 1 aromatic heterocycles. The molecule has 19 heavy (non-hydrogen) atoms. The Morgan fingerprint density at radius 1 is 1.47 bits per heavy atom. The summed E-state index contributed by atoms with van der Waals surface area (Å²) < 4.78 is 15.6. The molecule has 0 N–H and O–H groups in total. The van der Waals surface area contributed by atoms with Gasteiger partial charge < -0.3 is 14.2 Å². The van der Waals surface area contributed by atoms with Crippen LogP contribution in [0.25, 0.3) is 0 Å². The van der Waals surface area contributed by atoms with Crippen LogP contribution in [0, 0.1) is 0 Å². The fourth-order valence-electron chi connectivity index (χ4n) is 1.88. The molecule has 1 fully saturated rings. The summed E-state index contributed by atoms with van der Waals surface area (Å²) in [7, 11) is 1.34. The van der Waals surface area contributed by atoms with Crippen molar-refractivity contribution >= 4 is 5.97 Å². The summed E-state index contributed by atoms with van der Waals surface area (Å²) in [6.07, 6.45) is 3.05. The summed E-state index contributed by atoms with van der Waals surface area (Å²) in [5, 5.41) is 0. The van der Waals surface area contributed by atoms with Crippen molar-refractivity contribution in [3.63, 3.8) is 0 Å². The number of carbonyl (C=O) groups is 1. The normalized spacial score (nSPS) is 16.1. The Kier molecular flexibility index (Phi) is 5.11. The van der Waals surface area contributed by atoms with Crippen molar-refractivity contribution in [2.24, 2.45) is 0 Å². The fraction of sp³-hybridized carbons (Fsp3) is 0.538. The number of hydrogen-bond donors (Lipinski definition) is 0. The van der Waals surface area contributed by atoms with Crippen molar-refractivity contribution in [2.75, 3.05) is 46.6 Å². The molecule has 1 aliphatic heterocycles. The molecule has 0 atom stereocenters. The second kappa shape index (κ2) is 7.06. The third-order valence-electron chi connectivity index (χ3n) is 2.96. The van der Waals surface area contributed by atoms with Gasteiger partial charge in [0, 0.05) is 32.0 Å². The molecule has 2 heterocycles. The number of rotatable bonds is 5. The molecule has 1 saturated heterocycles. The minimum atomic E-state index is -0.436. The van der Waals surface area contributed by atoms with Gasteiger partial charge in [-0.1, -0.05) is 0 Å². The van der Waals surface area contributed by atoms with Gasteiger partial charge in [-0.2, -0.15) is 0 Å². The highest BCUT2D eigenvalue weighted by atomic mass is 16.5. The second-order valence-corrected chi connectivity index (χ2v) is 4.17. The molecule has 0 unspecified atom stereocenters. The average molecular weight is 266 g/mol. The second-order valence-electron chi connectivity index (χ2n) is 4.17. The first-order valence-corrected chi connectivity index (χ1v) is 6.26. The highest BCUT2D eigenvalue weighted by Gasteiger charge is 2.14. The number of morpholine rings is 1. The Balaban J connectivity index is 1.86. The zero-order valence-corrected chi connectivity index (χ0v) is 11.0. The monoisotopic (exact) mass is 266 g/mol. The highest BCUT2D eigenvalue weighted by molar-refractivity contribution is 5.91. The van der Waals surface area contributed by atoms with Gasteiger partial charge in [-0.15, -0.1) is 0 Å². The first-order valence-electron chi connectivity index (χ1n) is 6.26. The summed E-state index contributed by atoms with van der Waals surface area (Å²) in [6, 6.07) is 1.67. The van der Waals surface area contributed by atoms with Crippen LogP contribution in [0.15, 0.2) is 18.5 Å². The maximum atomic E-state index is 11.5. The number of carbonyl (C=O) groups excluding carboxylic acids is 1. The third kappa shape index (κ3) is 3.90. The van der Waals surface area contributed by atoms with Crippen LogP contribution in [0.3, 0.4) is 0 Å². The summed E-state index contributed by atoms with van der Waals surface area (Å²) in [4.78, 5) is 17.7. The topological polar surface area (TPSA) is 60.9 Å². The molecule has 0 spiro atoms. The average Bonchev–Trinajstić information content (AvgIpc) is 2.48. The van der Waals surface area contributed by atoms with Crippen molar-refractivity contribution in [1.82, 2.24) is 9.88 Å². The molecular formula is C13H18N2O4. The summed E-state index contributed by atoms with van der Waals surface area (Å²) in [5.41, 5.74) is 0.354. The molecule has 0 saturated carbocycles. The lowest BCUT2D eigenvalue weighted by atomic mass is 10.2. The molecule has 0 amide bonds. The first-order chi connectivity index (χ1) is 9.31. The highest BCUT2D eigenvalue weighted by Crippen LogP contribution is 2.17. The van der Waals surface area contributed by atoms with Crippen molar-refractivity contribution in [3.05, 3.63) is 24.0 Å². The SMILES string of the molecule is COC(=O)c1cnccc1OCCN1CCOCC1. The molecular weight excluding hydrogens is 248 g/mol. The molecule has 0 aromatic carbocycles. The van der Waals surface area contributed by atoms with Crippen LogP contribution in [0.4, 0.5) is 0 Å². The molecule has 6 nitrogen and oxygen atoms in total. The lowest BCUT2D eigenvalue weighted by Crippen LogP contribution is -2.38. The quantitative estimate of drug-likeness (QED) is 0.727. The van der Waals surface area contributed by atoms with Crippen LogP contribution in [-0.4, -0.2) is 62.4 Å². The predicted octanol–water partition coefficient (Wildman–Crippen LogP) is 0.579. The van der Waals surface area contributed by atoms with Crippen molar-refractivity contribution < 1.29 is 19.0 Å². The molecule has 0 aliphatic carbocycles. The number of pyridine rings is 1. The van der Waals surface area contributed by atoms with Gasteiger partial charge in [-0.3, -0.25) is 9.88 Å². The number of methoxy groups -OCH3 is 1. The lowest BCUT2D eigenvalue weighted by Gasteiger charge is -2.26. The largest absolute Gasteiger partial charge is 0.491 e. The number of ether oxygens (including phenoxy) is 3. The van der Waals surface area contributed by atoms with Gasteiger partial charge in [0.15, 0.2) is 0 Å². The van der Waals surface area contributed by atoms with E-state index in [0.717, 1.165) is 32.8 Å². The van der Waals surface area contributed by atoms with E-state index in [1.54, 1.807) is 12.3 Å². The Labute approximate surface area is 112 Å². The number of esters is 1. The van der Waals surface area contributed by atoms with Crippen molar-refractivity contribution in [3.8, 4) is 5.75 Å². The zero-order valence-electron chi connectivity index (χ0n) is 11.0. The van der Waals surface area contributed by atoms with Gasteiger partial charge in [-0.25, -0.2) is 4.79 Å². The van der Waals surface area contributed by atoms with E-state index in [0.29, 0.717) is 17.9 Å². The van der Waals surface area contributed by atoms with Crippen LogP contribution in [0.2, 0.25) is 0 Å². The molecule has 2 rings (SSSR count). The van der Waals surface area contributed by atoms with Gasteiger partial charge in [0.05, 0.1) is 20.3 Å². The van der Waals surface area contributed by atoms with Gasteiger partial charge in [0.25, 0.3) is 0 Å². The molecule has 0 radical (unpaired) electrons. The maximum Gasteiger partial charge on any atom is 0.343 e. The van der Waals surface area contributed by atoms with E-state index in [2.05, 4.69) is 14.6 Å². The fourth-order valence-corrected chi connectivity index (χ4v) is 1.88. The number of aromatic nitrogens is 1. The van der Waals surface area contributed by atoms with Gasteiger partial charge in [-0.05, 0) is 6.07 Å². The first kappa shape index (κ1) is 13.8. The summed E-state index contributed by atoms with van der Waals surface area (Å²) in [6.45, 7) is 4.71. The Hall–Kier alpha value is -1.66.